The maximum absolute atomic E-state index is 15.3. The third-order valence-corrected chi connectivity index (χ3v) is 6.77. The van der Waals surface area contributed by atoms with Crippen LogP contribution >= 0.6 is 23.2 Å². The van der Waals surface area contributed by atoms with Gasteiger partial charge < -0.3 is 14.5 Å². The largest absolute Gasteiger partial charge is 0.453 e. The molecule has 1 N–H and O–H groups in total. The first-order valence-corrected chi connectivity index (χ1v) is 14.1. The molecule has 0 atom stereocenters. The summed E-state index contributed by atoms with van der Waals surface area (Å²) in [5.41, 5.74) is 1.26. The van der Waals surface area contributed by atoms with Crippen LogP contribution in [0.1, 0.15) is 27.4 Å². The number of amides is 1. The van der Waals surface area contributed by atoms with Gasteiger partial charge in [0.2, 0.25) is 11.8 Å². The van der Waals surface area contributed by atoms with Crippen molar-refractivity contribution in [3.8, 4) is 29.0 Å². The van der Waals surface area contributed by atoms with Crippen LogP contribution in [0.5, 0.6) is 11.5 Å². The fraction of sp³-hybridized carbons (Fsp3) is 0.154. The maximum Gasteiger partial charge on any atom is 0.251 e. The Balaban J connectivity index is 1.47. The second-order valence-electron chi connectivity index (χ2n) is 8.38. The molecule has 4 aromatic rings. The second kappa shape index (κ2) is 11.8. The van der Waals surface area contributed by atoms with Gasteiger partial charge in [-0.05, 0) is 48.5 Å². The maximum atomic E-state index is 15.3. The van der Waals surface area contributed by atoms with Crippen LogP contribution in [0.2, 0.25) is 10.0 Å². The first-order chi connectivity index (χ1) is 18.5. The van der Waals surface area contributed by atoms with Gasteiger partial charge in [0.15, 0.2) is 11.6 Å². The number of benzene rings is 3. The lowest BCUT2D eigenvalue weighted by molar-refractivity contribution is 0.0956. The normalized spacial score (nSPS) is 11.2. The van der Waals surface area contributed by atoms with E-state index in [0.29, 0.717) is 11.1 Å². The molecule has 1 heterocycles. The van der Waals surface area contributed by atoms with Gasteiger partial charge in [-0.25, -0.2) is 12.8 Å². The van der Waals surface area contributed by atoms with Crippen molar-refractivity contribution in [3.63, 3.8) is 0 Å². The number of ether oxygens (including phenoxy) is 1. The zero-order valence-electron chi connectivity index (χ0n) is 20.2. The number of aromatic nitrogens is 2. The van der Waals surface area contributed by atoms with E-state index in [1.54, 1.807) is 12.1 Å². The number of halogens is 3. The predicted octanol–water partition coefficient (Wildman–Crippen LogP) is 5.21. The molecule has 39 heavy (non-hydrogen) atoms. The van der Waals surface area contributed by atoms with Crippen molar-refractivity contribution in [3.05, 3.63) is 93.0 Å². The molecule has 0 bridgehead atoms. The molecule has 0 saturated heterocycles. The Bertz CT molecular complexity index is 1690. The monoisotopic (exact) mass is 588 g/mol. The first-order valence-electron chi connectivity index (χ1n) is 11.3. The summed E-state index contributed by atoms with van der Waals surface area (Å²) in [5.74, 6) is -1.15. The van der Waals surface area contributed by atoms with E-state index in [1.807, 2.05) is 6.07 Å². The number of nitrogens with one attached hydrogen (secondary N) is 1. The smallest absolute Gasteiger partial charge is 0.251 e. The number of sulfone groups is 1. The minimum Gasteiger partial charge on any atom is -0.453 e. The van der Waals surface area contributed by atoms with E-state index in [4.69, 9.17) is 37.6 Å². The summed E-state index contributed by atoms with van der Waals surface area (Å²) in [6.07, 6.45) is 1.03. The van der Waals surface area contributed by atoms with Crippen LogP contribution in [0.25, 0.3) is 11.5 Å². The molecule has 0 aliphatic carbocycles. The molecule has 0 radical (unpaired) electrons. The van der Waals surface area contributed by atoms with Crippen LogP contribution in [0.4, 0.5) is 4.39 Å². The Morgan fingerprint density at radius 3 is 2.56 bits per heavy atom. The molecular weight excluding hydrogens is 570 g/mol. The van der Waals surface area contributed by atoms with Crippen LogP contribution < -0.4 is 10.1 Å². The van der Waals surface area contributed by atoms with Crippen molar-refractivity contribution >= 4 is 38.9 Å². The molecule has 200 valence electrons. The third kappa shape index (κ3) is 7.32. The molecule has 0 saturated carbocycles. The van der Waals surface area contributed by atoms with Crippen molar-refractivity contribution < 1.29 is 26.8 Å². The highest BCUT2D eigenvalue weighted by Gasteiger charge is 2.19. The van der Waals surface area contributed by atoms with Crippen LogP contribution in [-0.2, 0) is 16.3 Å². The zero-order chi connectivity index (χ0) is 28.2. The Hall–Kier alpha value is -3.98. The Morgan fingerprint density at radius 2 is 1.87 bits per heavy atom. The summed E-state index contributed by atoms with van der Waals surface area (Å²) in [5, 5.41) is 19.9. The quantitative estimate of drug-likeness (QED) is 0.281. The van der Waals surface area contributed by atoms with Crippen LogP contribution in [0.15, 0.2) is 59.0 Å². The minimum atomic E-state index is -3.19. The predicted molar refractivity (Wildman–Crippen MR) is 142 cm³/mol. The molecule has 0 aliphatic rings. The molecule has 0 aliphatic heterocycles. The van der Waals surface area contributed by atoms with Gasteiger partial charge in [-0.2, -0.15) is 5.26 Å². The molecule has 3 aromatic carbocycles. The molecule has 1 amide bonds. The second-order valence-corrected chi connectivity index (χ2v) is 11.5. The molecule has 0 fully saturated rings. The standard InChI is InChI=1S/C26H19Cl2FN4O5S/c1-39(35,36)9-8-31-25(34)16-2-4-17(5-3-16)26-33-32-22(38-26)12-18-6-7-21(28)24(23(18)29)37-20-11-15(14-30)10-19(27)13-20/h2-7,10-11,13H,8-9,12H2,1H3,(H,31,34). The minimum absolute atomic E-state index is 0.000446. The average molecular weight is 589 g/mol. The van der Waals surface area contributed by atoms with E-state index >= 15 is 4.39 Å². The van der Waals surface area contributed by atoms with Crippen molar-refractivity contribution in [2.24, 2.45) is 0 Å². The summed E-state index contributed by atoms with van der Waals surface area (Å²) in [6.45, 7) is 0.000446. The van der Waals surface area contributed by atoms with Crippen molar-refractivity contribution in [2.75, 3.05) is 18.6 Å². The molecule has 4 rings (SSSR count). The van der Waals surface area contributed by atoms with Gasteiger partial charge in [-0.1, -0.05) is 29.3 Å². The van der Waals surface area contributed by atoms with Crippen molar-refractivity contribution in [2.45, 2.75) is 6.42 Å². The number of carbonyl (C=O) groups is 1. The Kier molecular flexibility index (Phi) is 8.50. The van der Waals surface area contributed by atoms with Gasteiger partial charge in [0, 0.05) is 34.5 Å². The average Bonchev–Trinajstić information content (AvgIpc) is 3.36. The van der Waals surface area contributed by atoms with Gasteiger partial charge in [0.1, 0.15) is 15.6 Å². The van der Waals surface area contributed by atoms with Gasteiger partial charge in [-0.15, -0.1) is 10.2 Å². The van der Waals surface area contributed by atoms with E-state index in [9.17, 15) is 13.2 Å². The van der Waals surface area contributed by atoms with Crippen molar-refractivity contribution in [1.29, 1.82) is 5.26 Å². The lowest BCUT2D eigenvalue weighted by Gasteiger charge is -2.11. The third-order valence-electron chi connectivity index (χ3n) is 5.31. The highest BCUT2D eigenvalue weighted by molar-refractivity contribution is 7.90. The Labute approximate surface area is 233 Å². The van der Waals surface area contributed by atoms with Crippen LogP contribution in [-0.4, -0.2) is 43.1 Å². The van der Waals surface area contributed by atoms with E-state index in [1.165, 1.54) is 42.5 Å². The summed E-state index contributed by atoms with van der Waals surface area (Å²) >= 11 is 12.2. The summed E-state index contributed by atoms with van der Waals surface area (Å²) in [6, 6.07) is 15.4. The fourth-order valence-corrected chi connectivity index (χ4v) is 4.31. The van der Waals surface area contributed by atoms with Gasteiger partial charge >= 0.3 is 0 Å². The first kappa shape index (κ1) is 28.0. The van der Waals surface area contributed by atoms with E-state index < -0.39 is 21.6 Å². The number of rotatable bonds is 9. The zero-order valence-corrected chi connectivity index (χ0v) is 22.6. The van der Waals surface area contributed by atoms with E-state index in [0.717, 1.165) is 6.26 Å². The van der Waals surface area contributed by atoms with Crippen LogP contribution in [0, 0.1) is 17.1 Å². The van der Waals surface area contributed by atoms with Gasteiger partial charge in [0.25, 0.3) is 5.91 Å². The number of nitriles is 1. The SMILES string of the molecule is CS(=O)(=O)CCNC(=O)c1ccc(-c2nnc(Cc3ccc(Cl)c(Oc4cc(Cl)cc(C#N)c4)c3F)o2)cc1. The van der Waals surface area contributed by atoms with Gasteiger partial charge in [0.05, 0.1) is 28.8 Å². The summed E-state index contributed by atoms with van der Waals surface area (Å²) in [4.78, 5) is 12.2. The highest BCUT2D eigenvalue weighted by atomic mass is 35.5. The number of nitrogens with zero attached hydrogens (tertiary/aromatic N) is 3. The number of hydrogen-bond donors (Lipinski definition) is 1. The summed E-state index contributed by atoms with van der Waals surface area (Å²) in [7, 11) is -3.19. The molecular formula is C26H19Cl2FN4O5S. The van der Waals surface area contributed by atoms with Crippen molar-refractivity contribution in [1.82, 2.24) is 15.5 Å². The number of carbonyl (C=O) groups excluding carboxylic acids is 1. The molecule has 0 unspecified atom stereocenters. The molecule has 1 aromatic heterocycles. The molecule has 9 nitrogen and oxygen atoms in total. The summed E-state index contributed by atoms with van der Waals surface area (Å²) < 4.78 is 49.0. The molecule has 13 heteroatoms. The Morgan fingerprint density at radius 1 is 1.13 bits per heavy atom. The topological polar surface area (TPSA) is 135 Å². The lowest BCUT2D eigenvalue weighted by atomic mass is 10.1. The van der Waals surface area contributed by atoms with E-state index in [2.05, 4.69) is 15.5 Å². The fourth-order valence-electron chi connectivity index (χ4n) is 3.43. The number of hydrogen-bond acceptors (Lipinski definition) is 8. The van der Waals surface area contributed by atoms with Gasteiger partial charge in [-0.3, -0.25) is 4.79 Å². The molecule has 0 spiro atoms. The van der Waals surface area contributed by atoms with E-state index in [-0.39, 0.29) is 63.2 Å². The lowest BCUT2D eigenvalue weighted by Crippen LogP contribution is -2.28. The highest BCUT2D eigenvalue weighted by Crippen LogP contribution is 2.36. The van der Waals surface area contributed by atoms with Crippen LogP contribution in [0.3, 0.4) is 0 Å².